The Morgan fingerprint density at radius 3 is 3.08 bits per heavy atom. The minimum atomic E-state index is -0.156. The van der Waals surface area contributed by atoms with Crippen molar-refractivity contribution >= 4 is 5.91 Å². The van der Waals surface area contributed by atoms with Gasteiger partial charge in [0.1, 0.15) is 0 Å². The lowest BCUT2D eigenvalue weighted by atomic mass is 9.94. The van der Waals surface area contributed by atoms with Crippen molar-refractivity contribution in [3.8, 4) is 12.3 Å². The molecule has 0 aromatic carbocycles. The van der Waals surface area contributed by atoms with E-state index in [1.165, 1.54) is 12.8 Å². The summed E-state index contributed by atoms with van der Waals surface area (Å²) in [6.07, 6.45) is 7.53. The van der Waals surface area contributed by atoms with Crippen molar-refractivity contribution in [2.75, 3.05) is 19.6 Å². The van der Waals surface area contributed by atoms with Gasteiger partial charge in [-0.1, -0.05) is 0 Å². The first kappa shape index (κ1) is 8.58. The van der Waals surface area contributed by atoms with Gasteiger partial charge in [-0.3, -0.25) is 4.79 Å². The van der Waals surface area contributed by atoms with Crippen LogP contribution >= 0.6 is 0 Å². The number of carbonyl (C=O) groups excluding carboxylic acids is 1. The van der Waals surface area contributed by atoms with Crippen molar-refractivity contribution in [2.45, 2.75) is 18.9 Å². The Morgan fingerprint density at radius 2 is 2.38 bits per heavy atom. The Morgan fingerprint density at radius 1 is 1.54 bits per heavy atom. The molecule has 2 heterocycles. The summed E-state index contributed by atoms with van der Waals surface area (Å²) in [4.78, 5) is 13.0. The summed E-state index contributed by atoms with van der Waals surface area (Å²) < 4.78 is 0. The molecule has 1 N–H and O–H groups in total. The number of carbonyl (C=O) groups is 1. The summed E-state index contributed by atoms with van der Waals surface area (Å²) in [7, 11) is 0. The van der Waals surface area contributed by atoms with Crippen LogP contribution in [0.2, 0.25) is 0 Å². The summed E-state index contributed by atoms with van der Waals surface area (Å²) in [6, 6.07) is 0.492. The predicted molar refractivity (Wildman–Crippen MR) is 49.9 cm³/mol. The largest absolute Gasteiger partial charge is 0.330 e. The van der Waals surface area contributed by atoms with Gasteiger partial charge >= 0.3 is 0 Å². The fourth-order valence-electron chi connectivity index (χ4n) is 2.30. The Kier molecular flexibility index (Phi) is 2.24. The van der Waals surface area contributed by atoms with Crippen LogP contribution in [0.15, 0.2) is 0 Å². The van der Waals surface area contributed by atoms with E-state index in [0.29, 0.717) is 12.0 Å². The van der Waals surface area contributed by atoms with Gasteiger partial charge in [-0.15, -0.1) is 6.42 Å². The van der Waals surface area contributed by atoms with Gasteiger partial charge in [-0.05, 0) is 31.2 Å². The molecule has 2 rings (SSSR count). The highest BCUT2D eigenvalue weighted by Gasteiger charge is 2.35. The number of hydrogen-bond donors (Lipinski definition) is 1. The molecule has 1 amide bonds. The molecule has 0 radical (unpaired) electrons. The van der Waals surface area contributed by atoms with Crippen LogP contribution in [0.5, 0.6) is 0 Å². The molecule has 3 nitrogen and oxygen atoms in total. The smallest absolute Gasteiger partial charge is 0.298 e. The molecule has 2 atom stereocenters. The number of nitrogens with one attached hydrogen (secondary N) is 1. The number of fused-ring (bicyclic) bond motifs is 1. The van der Waals surface area contributed by atoms with Crippen LogP contribution in [-0.4, -0.2) is 36.5 Å². The molecule has 0 aromatic rings. The first-order valence-electron chi connectivity index (χ1n) is 4.80. The Hall–Kier alpha value is -1.01. The van der Waals surface area contributed by atoms with Crippen molar-refractivity contribution in [1.29, 1.82) is 0 Å². The van der Waals surface area contributed by atoms with E-state index >= 15 is 0 Å². The van der Waals surface area contributed by atoms with E-state index in [-0.39, 0.29) is 5.91 Å². The third-order valence-electron chi connectivity index (χ3n) is 3.01. The molecule has 0 bridgehead atoms. The lowest BCUT2D eigenvalue weighted by Crippen LogP contribution is -2.40. The highest BCUT2D eigenvalue weighted by atomic mass is 16.2. The Balaban J connectivity index is 1.99. The lowest BCUT2D eigenvalue weighted by Gasteiger charge is -2.24. The van der Waals surface area contributed by atoms with Gasteiger partial charge in [-0.25, -0.2) is 0 Å². The second-order valence-electron chi connectivity index (χ2n) is 3.82. The number of terminal acetylenes is 1. The van der Waals surface area contributed by atoms with E-state index in [1.807, 2.05) is 0 Å². The minimum absolute atomic E-state index is 0.156. The van der Waals surface area contributed by atoms with Crippen LogP contribution in [0.3, 0.4) is 0 Å². The van der Waals surface area contributed by atoms with Crippen LogP contribution in [-0.2, 0) is 4.79 Å². The lowest BCUT2D eigenvalue weighted by molar-refractivity contribution is -0.124. The molecule has 13 heavy (non-hydrogen) atoms. The standard InChI is InChI=1S/C10H14N2O/c1-2-10(13)12-6-8-4-3-5-11-9(8)7-12/h1,8-9,11H,3-7H2. The summed E-state index contributed by atoms with van der Waals surface area (Å²) in [5.41, 5.74) is 0. The van der Waals surface area contributed by atoms with E-state index in [0.717, 1.165) is 19.6 Å². The number of nitrogens with zero attached hydrogens (tertiary/aromatic N) is 1. The highest BCUT2D eigenvalue weighted by Crippen LogP contribution is 2.24. The Labute approximate surface area is 78.5 Å². The van der Waals surface area contributed by atoms with Crippen LogP contribution in [0, 0.1) is 18.3 Å². The van der Waals surface area contributed by atoms with Gasteiger partial charge in [0, 0.05) is 19.1 Å². The SMILES string of the molecule is C#CC(=O)N1CC2CCCNC2C1. The second-order valence-corrected chi connectivity index (χ2v) is 3.82. The summed E-state index contributed by atoms with van der Waals surface area (Å²) in [6.45, 7) is 2.73. The van der Waals surface area contributed by atoms with E-state index in [1.54, 1.807) is 4.90 Å². The molecule has 2 unspecified atom stereocenters. The summed E-state index contributed by atoms with van der Waals surface area (Å²) in [5, 5.41) is 3.43. The molecule has 2 fully saturated rings. The van der Waals surface area contributed by atoms with Crippen LogP contribution < -0.4 is 5.32 Å². The van der Waals surface area contributed by atoms with Crippen molar-refractivity contribution in [3.05, 3.63) is 0 Å². The average molecular weight is 178 g/mol. The van der Waals surface area contributed by atoms with E-state index in [9.17, 15) is 4.79 Å². The van der Waals surface area contributed by atoms with Gasteiger partial charge < -0.3 is 10.2 Å². The fraction of sp³-hybridized carbons (Fsp3) is 0.700. The van der Waals surface area contributed by atoms with Gasteiger partial charge in [0.2, 0.25) is 0 Å². The topological polar surface area (TPSA) is 32.3 Å². The second kappa shape index (κ2) is 3.39. The highest BCUT2D eigenvalue weighted by molar-refractivity contribution is 5.93. The van der Waals surface area contributed by atoms with Gasteiger partial charge in [0.15, 0.2) is 0 Å². The summed E-state index contributed by atoms with van der Waals surface area (Å²) >= 11 is 0. The molecule has 0 aromatic heterocycles. The third kappa shape index (κ3) is 1.54. The molecule has 2 aliphatic rings. The van der Waals surface area contributed by atoms with Gasteiger partial charge in [0.05, 0.1) is 0 Å². The van der Waals surface area contributed by atoms with Crippen molar-refractivity contribution in [1.82, 2.24) is 10.2 Å². The summed E-state index contributed by atoms with van der Waals surface area (Å²) in [5.74, 6) is 2.65. The van der Waals surface area contributed by atoms with Crippen LogP contribution in [0.4, 0.5) is 0 Å². The first-order valence-corrected chi connectivity index (χ1v) is 4.80. The molecule has 2 aliphatic heterocycles. The fourth-order valence-corrected chi connectivity index (χ4v) is 2.30. The molecule has 0 saturated carbocycles. The van der Waals surface area contributed by atoms with E-state index in [4.69, 9.17) is 6.42 Å². The van der Waals surface area contributed by atoms with Crippen molar-refractivity contribution in [2.24, 2.45) is 5.92 Å². The molecule has 0 aliphatic carbocycles. The van der Waals surface area contributed by atoms with Gasteiger partial charge in [-0.2, -0.15) is 0 Å². The predicted octanol–water partition coefficient (Wildman–Crippen LogP) is -0.170. The quantitative estimate of drug-likeness (QED) is 0.522. The Bertz CT molecular complexity index is 242. The average Bonchev–Trinajstić information content (AvgIpc) is 2.59. The number of rotatable bonds is 0. The number of amides is 1. The maximum absolute atomic E-state index is 11.2. The molecular weight excluding hydrogens is 164 g/mol. The minimum Gasteiger partial charge on any atom is -0.330 e. The maximum Gasteiger partial charge on any atom is 0.298 e. The monoisotopic (exact) mass is 178 g/mol. The van der Waals surface area contributed by atoms with Crippen LogP contribution in [0.1, 0.15) is 12.8 Å². The number of likely N-dealkylation sites (tertiary alicyclic amines) is 1. The van der Waals surface area contributed by atoms with E-state index in [2.05, 4.69) is 11.2 Å². The first-order chi connectivity index (χ1) is 6.31. The molecule has 70 valence electrons. The zero-order chi connectivity index (χ0) is 9.26. The molecule has 0 spiro atoms. The number of piperidine rings is 1. The van der Waals surface area contributed by atoms with E-state index < -0.39 is 0 Å². The van der Waals surface area contributed by atoms with Gasteiger partial charge in [0.25, 0.3) is 5.91 Å². The third-order valence-corrected chi connectivity index (χ3v) is 3.01. The number of hydrogen-bond acceptors (Lipinski definition) is 2. The molecule has 3 heteroatoms. The maximum atomic E-state index is 11.2. The normalized spacial score (nSPS) is 32.4. The molecular formula is C10H14N2O. The van der Waals surface area contributed by atoms with Crippen LogP contribution in [0.25, 0.3) is 0 Å². The zero-order valence-electron chi connectivity index (χ0n) is 7.62. The zero-order valence-corrected chi connectivity index (χ0v) is 7.62. The molecule has 2 saturated heterocycles. The van der Waals surface area contributed by atoms with Crippen molar-refractivity contribution < 1.29 is 4.79 Å². The van der Waals surface area contributed by atoms with Crippen molar-refractivity contribution in [3.63, 3.8) is 0 Å².